The Hall–Kier alpha value is -1.73. The summed E-state index contributed by atoms with van der Waals surface area (Å²) in [6.45, 7) is 9.43. The van der Waals surface area contributed by atoms with E-state index in [-0.39, 0.29) is 23.3 Å². The van der Waals surface area contributed by atoms with Crippen LogP contribution in [0.5, 0.6) is 0 Å². The molecule has 1 aliphatic rings. The highest BCUT2D eigenvalue weighted by Crippen LogP contribution is 2.21. The van der Waals surface area contributed by atoms with Crippen molar-refractivity contribution in [3.8, 4) is 0 Å². The number of nitrogens with zero attached hydrogens (tertiary/aromatic N) is 1. The number of hydrogen-bond donors (Lipinski definition) is 2. The molecule has 2 amide bonds. The fourth-order valence-electron chi connectivity index (χ4n) is 3.66. The molecule has 0 radical (unpaired) electrons. The molecule has 1 saturated heterocycles. The van der Waals surface area contributed by atoms with Crippen molar-refractivity contribution < 1.29 is 13.8 Å². The highest BCUT2D eigenvalue weighted by molar-refractivity contribution is 7.86. The number of amides is 2. The minimum Gasteiger partial charge on any atom is -0.354 e. The number of nitrogens with one attached hydrogen (secondary N) is 2. The van der Waals surface area contributed by atoms with Gasteiger partial charge in [-0.1, -0.05) is 30.5 Å². The third-order valence-corrected chi connectivity index (χ3v) is 6.14. The fraction of sp³-hybridized carbons (Fsp3) is 0.619. The van der Waals surface area contributed by atoms with Gasteiger partial charge in [-0.15, -0.1) is 0 Å². The molecule has 0 bridgehead atoms. The lowest BCUT2D eigenvalue weighted by Gasteiger charge is -2.19. The average molecular weight is 408 g/mol. The van der Waals surface area contributed by atoms with E-state index in [2.05, 4.69) is 15.5 Å². The normalized spacial score (nSPS) is 16.2. The van der Waals surface area contributed by atoms with Gasteiger partial charge in [-0.25, -0.2) is 0 Å². The molecule has 0 saturated carbocycles. The third-order valence-electron chi connectivity index (χ3n) is 4.97. The maximum absolute atomic E-state index is 12.2. The molecule has 1 atom stereocenters. The monoisotopic (exact) mass is 407 g/mol. The lowest BCUT2D eigenvalue weighted by Crippen LogP contribution is -2.37. The van der Waals surface area contributed by atoms with E-state index in [0.717, 1.165) is 42.0 Å². The quantitative estimate of drug-likeness (QED) is 0.693. The Morgan fingerprint density at radius 2 is 1.54 bits per heavy atom. The Morgan fingerprint density at radius 3 is 2.14 bits per heavy atom. The van der Waals surface area contributed by atoms with Crippen LogP contribution in [0.1, 0.15) is 42.4 Å². The molecule has 0 aromatic heterocycles. The van der Waals surface area contributed by atoms with Gasteiger partial charge in [0.05, 0.1) is 0 Å². The second-order valence-electron chi connectivity index (χ2n) is 7.66. The molecule has 1 fully saturated rings. The largest absolute Gasteiger partial charge is 0.354 e. The van der Waals surface area contributed by atoms with Gasteiger partial charge in [-0.2, -0.15) is 0 Å². The summed E-state index contributed by atoms with van der Waals surface area (Å²) in [5.74, 6) is -0.902. The predicted octanol–water partition coefficient (Wildman–Crippen LogP) is 2.29. The molecule has 0 spiro atoms. The van der Waals surface area contributed by atoms with Crippen LogP contribution >= 0.6 is 0 Å². The first-order valence-corrected chi connectivity index (χ1v) is 11.6. The predicted molar refractivity (Wildman–Crippen MR) is 115 cm³/mol. The van der Waals surface area contributed by atoms with Crippen molar-refractivity contribution >= 4 is 28.3 Å². The Balaban J connectivity index is 1.70. The van der Waals surface area contributed by atoms with Gasteiger partial charge in [0.25, 0.3) is 0 Å². The van der Waals surface area contributed by atoms with Crippen LogP contribution < -0.4 is 10.6 Å². The Kier molecular flexibility index (Phi) is 9.12. The minimum absolute atomic E-state index is 0.140. The van der Waals surface area contributed by atoms with Crippen molar-refractivity contribution in [2.24, 2.45) is 0 Å². The zero-order chi connectivity index (χ0) is 20.5. The summed E-state index contributed by atoms with van der Waals surface area (Å²) in [5.41, 5.74) is 3.84. The van der Waals surface area contributed by atoms with Crippen LogP contribution in [-0.2, 0) is 20.4 Å². The molecule has 2 rings (SSSR count). The molecule has 0 aliphatic carbocycles. The first kappa shape index (κ1) is 22.6. The summed E-state index contributed by atoms with van der Waals surface area (Å²) >= 11 is 0. The van der Waals surface area contributed by atoms with Crippen LogP contribution in [-0.4, -0.2) is 58.6 Å². The Morgan fingerprint density at radius 1 is 0.964 bits per heavy atom. The summed E-state index contributed by atoms with van der Waals surface area (Å²) in [7, 11) is -1.52. The van der Waals surface area contributed by atoms with Gasteiger partial charge < -0.3 is 15.5 Å². The van der Waals surface area contributed by atoms with Crippen molar-refractivity contribution in [1.29, 1.82) is 0 Å². The molecule has 0 unspecified atom stereocenters. The zero-order valence-corrected chi connectivity index (χ0v) is 18.1. The third kappa shape index (κ3) is 7.72. The smallest absolute Gasteiger partial charge is 0.237 e. The van der Waals surface area contributed by atoms with Crippen LogP contribution in [0.15, 0.2) is 12.1 Å². The number of rotatable bonds is 8. The zero-order valence-electron chi connectivity index (χ0n) is 17.3. The highest BCUT2D eigenvalue weighted by Gasteiger charge is 2.15. The lowest BCUT2D eigenvalue weighted by atomic mass is 10.1. The van der Waals surface area contributed by atoms with Crippen LogP contribution in [0.25, 0.3) is 0 Å². The van der Waals surface area contributed by atoms with Gasteiger partial charge in [-0.05, 0) is 57.8 Å². The maximum atomic E-state index is 12.2. The number of carbonyl (C=O) groups is 2. The molecule has 7 heteroatoms. The van der Waals surface area contributed by atoms with E-state index in [0.29, 0.717) is 6.54 Å². The summed E-state index contributed by atoms with van der Waals surface area (Å²) in [6.07, 6.45) is 5.00. The number of anilines is 1. The Bertz CT molecular complexity index is 690. The summed E-state index contributed by atoms with van der Waals surface area (Å²) in [4.78, 5) is 26.6. The van der Waals surface area contributed by atoms with Gasteiger partial charge in [0.1, 0.15) is 11.5 Å². The summed E-state index contributed by atoms with van der Waals surface area (Å²) < 4.78 is 12.2. The molecule has 28 heavy (non-hydrogen) atoms. The van der Waals surface area contributed by atoms with Gasteiger partial charge in [-0.3, -0.25) is 13.8 Å². The fourth-order valence-corrected chi connectivity index (χ4v) is 4.52. The van der Waals surface area contributed by atoms with E-state index in [1.807, 2.05) is 32.9 Å². The molecule has 156 valence electrons. The molecule has 6 nitrogen and oxygen atoms in total. The van der Waals surface area contributed by atoms with Crippen LogP contribution in [0.3, 0.4) is 0 Å². The maximum Gasteiger partial charge on any atom is 0.237 e. The molecule has 1 aromatic rings. The van der Waals surface area contributed by atoms with E-state index in [1.54, 1.807) is 0 Å². The number of carbonyl (C=O) groups excluding carboxylic acids is 2. The van der Waals surface area contributed by atoms with Crippen LogP contribution in [0.2, 0.25) is 0 Å². The number of aryl methyl sites for hydroxylation is 3. The number of benzene rings is 1. The van der Waals surface area contributed by atoms with Crippen molar-refractivity contribution in [2.45, 2.75) is 46.5 Å². The standard InChI is InChI=1S/C21H33N3O3S/c1-16-12-17(2)21(18(3)13-16)23-20(26)15-28(27)14-19(25)22-8-11-24-9-6-4-5-7-10-24/h12-13H,4-11,14-15H2,1-3H3,(H,22,25)(H,23,26)/t28-/m0/s1. The van der Waals surface area contributed by atoms with Gasteiger partial charge in [0.2, 0.25) is 11.8 Å². The van der Waals surface area contributed by atoms with E-state index in [9.17, 15) is 13.8 Å². The molecule has 1 aromatic carbocycles. The van der Waals surface area contributed by atoms with Gasteiger partial charge in [0.15, 0.2) is 0 Å². The first-order valence-electron chi connectivity index (χ1n) is 10.1. The van der Waals surface area contributed by atoms with Crippen LogP contribution in [0, 0.1) is 20.8 Å². The Labute approximate surface area is 170 Å². The summed E-state index contributed by atoms with van der Waals surface area (Å²) in [5, 5.41) is 5.65. The van der Waals surface area contributed by atoms with E-state index in [4.69, 9.17) is 0 Å². The highest BCUT2D eigenvalue weighted by atomic mass is 32.2. The van der Waals surface area contributed by atoms with E-state index < -0.39 is 10.8 Å². The molecule has 1 heterocycles. The topological polar surface area (TPSA) is 78.5 Å². The summed E-state index contributed by atoms with van der Waals surface area (Å²) in [6, 6.07) is 3.99. The first-order chi connectivity index (χ1) is 13.3. The van der Waals surface area contributed by atoms with E-state index in [1.165, 1.54) is 25.7 Å². The molecular formula is C21H33N3O3S. The van der Waals surface area contributed by atoms with Gasteiger partial charge >= 0.3 is 0 Å². The molecular weight excluding hydrogens is 374 g/mol. The second-order valence-corrected chi connectivity index (χ2v) is 9.11. The molecule has 2 N–H and O–H groups in total. The lowest BCUT2D eigenvalue weighted by molar-refractivity contribution is -0.118. The van der Waals surface area contributed by atoms with Gasteiger partial charge in [0, 0.05) is 29.6 Å². The van der Waals surface area contributed by atoms with E-state index >= 15 is 0 Å². The van der Waals surface area contributed by atoms with Crippen LogP contribution in [0.4, 0.5) is 5.69 Å². The average Bonchev–Trinajstić information content (AvgIpc) is 2.86. The van der Waals surface area contributed by atoms with Crippen molar-refractivity contribution in [2.75, 3.05) is 43.0 Å². The SMILES string of the molecule is Cc1cc(C)c(NC(=O)C[S@@](=O)CC(=O)NCCN2CCCCCC2)c(C)c1. The number of hydrogen-bond acceptors (Lipinski definition) is 4. The minimum atomic E-state index is -1.52. The van der Waals surface area contributed by atoms with Crippen molar-refractivity contribution in [1.82, 2.24) is 10.2 Å². The van der Waals surface area contributed by atoms with Crippen molar-refractivity contribution in [3.63, 3.8) is 0 Å². The second kappa shape index (κ2) is 11.3. The molecule has 1 aliphatic heterocycles. The number of likely N-dealkylation sites (tertiary alicyclic amines) is 1. The van der Waals surface area contributed by atoms with Crippen molar-refractivity contribution in [3.05, 3.63) is 28.8 Å².